The molecule has 0 aromatic rings. The average molecular weight is 436 g/mol. The summed E-state index contributed by atoms with van der Waals surface area (Å²) in [4.78, 5) is 19.1. The van der Waals surface area contributed by atoms with Crippen molar-refractivity contribution in [1.29, 1.82) is 0 Å². The van der Waals surface area contributed by atoms with Crippen molar-refractivity contribution in [2.75, 3.05) is 66.0 Å². The van der Waals surface area contributed by atoms with Crippen LogP contribution in [0.2, 0.25) is 0 Å². The maximum Gasteiger partial charge on any atom is 0.222 e. The quantitative estimate of drug-likeness (QED) is 0.614. The number of rotatable bonds is 7. The second-order valence-corrected chi connectivity index (χ2v) is 6.97. The Balaban J connectivity index is 0. The first-order valence-electron chi connectivity index (χ1n) is 9.10. The van der Waals surface area contributed by atoms with E-state index in [4.69, 9.17) is 4.74 Å². The van der Waals surface area contributed by atoms with E-state index in [-0.39, 0.29) is 37.2 Å². The van der Waals surface area contributed by atoms with Crippen LogP contribution in [-0.4, -0.2) is 98.8 Å². The molecule has 2 fully saturated rings. The largest absolute Gasteiger partial charge is 0.374 e. The normalized spacial score (nSPS) is 21.5. The number of halogens is 3. The van der Waals surface area contributed by atoms with Crippen LogP contribution in [0.4, 0.5) is 0 Å². The predicted octanol–water partition coefficient (Wildman–Crippen LogP) is 1.50. The molecule has 1 amide bonds. The number of carbonyl (C=O) groups is 1. The molecular weight excluding hydrogens is 399 g/mol. The number of morpholine rings is 1. The summed E-state index contributed by atoms with van der Waals surface area (Å²) in [5, 5.41) is 3.09. The zero-order valence-electron chi connectivity index (χ0n) is 16.3. The van der Waals surface area contributed by atoms with Crippen LogP contribution in [-0.2, 0) is 9.53 Å². The van der Waals surface area contributed by atoms with Gasteiger partial charge in [-0.3, -0.25) is 14.6 Å². The summed E-state index contributed by atoms with van der Waals surface area (Å²) >= 11 is 0. The number of amides is 1. The lowest BCUT2D eigenvalue weighted by Crippen LogP contribution is -2.54. The highest BCUT2D eigenvalue weighted by atomic mass is 35.5. The summed E-state index contributed by atoms with van der Waals surface area (Å²) < 4.78 is 5.93. The Morgan fingerprint density at radius 2 is 1.77 bits per heavy atom. The Kier molecular flexibility index (Phi) is 16.5. The topological polar surface area (TPSA) is 48.1 Å². The maximum atomic E-state index is 12.1. The maximum absolute atomic E-state index is 12.1. The molecule has 0 saturated carbocycles. The first-order chi connectivity index (χ1) is 11.1. The number of nitrogens with one attached hydrogen (secondary N) is 1. The second kappa shape index (κ2) is 15.1. The average Bonchev–Trinajstić information content (AvgIpc) is 2.56. The third-order valence-electron chi connectivity index (χ3n) is 4.90. The fourth-order valence-corrected chi connectivity index (χ4v) is 3.36. The molecular formula is C17H37Cl3N4O2. The smallest absolute Gasteiger partial charge is 0.222 e. The van der Waals surface area contributed by atoms with Gasteiger partial charge in [0.05, 0.1) is 12.7 Å². The highest BCUT2D eigenvalue weighted by Gasteiger charge is 2.26. The summed E-state index contributed by atoms with van der Waals surface area (Å²) in [6, 6.07) is 0.591. The van der Waals surface area contributed by atoms with Crippen molar-refractivity contribution in [3.8, 4) is 0 Å². The molecule has 2 aliphatic heterocycles. The predicted molar refractivity (Wildman–Crippen MR) is 114 cm³/mol. The Bertz CT molecular complexity index is 370. The number of piperazine rings is 1. The number of hydrogen-bond acceptors (Lipinski definition) is 5. The fourth-order valence-electron chi connectivity index (χ4n) is 3.36. The molecule has 158 valence electrons. The van der Waals surface area contributed by atoms with E-state index in [1.807, 2.05) is 11.9 Å². The first kappa shape index (κ1) is 28.4. The molecule has 0 radical (unpaired) electrons. The standard InChI is InChI=1S/C17H34N4O2.3ClH/c1-15(2)21-11-12-23-16(14-21)13-19-7-9-20(10-8-19)17(22)5-4-6-18-3;;;/h15-16,18H,4-14H2,1-3H3;3*1H. The monoisotopic (exact) mass is 434 g/mol. The van der Waals surface area contributed by atoms with E-state index < -0.39 is 0 Å². The Morgan fingerprint density at radius 1 is 1.12 bits per heavy atom. The Morgan fingerprint density at radius 3 is 2.35 bits per heavy atom. The van der Waals surface area contributed by atoms with Crippen LogP contribution in [0.5, 0.6) is 0 Å². The summed E-state index contributed by atoms with van der Waals surface area (Å²) in [6.07, 6.45) is 1.90. The number of nitrogens with zero attached hydrogens (tertiary/aromatic N) is 3. The van der Waals surface area contributed by atoms with E-state index in [9.17, 15) is 4.79 Å². The summed E-state index contributed by atoms with van der Waals surface area (Å²) in [5.41, 5.74) is 0. The molecule has 1 unspecified atom stereocenters. The van der Waals surface area contributed by atoms with Gasteiger partial charge in [-0.1, -0.05) is 0 Å². The van der Waals surface area contributed by atoms with Gasteiger partial charge in [0.1, 0.15) is 0 Å². The van der Waals surface area contributed by atoms with E-state index in [0.717, 1.165) is 65.4 Å². The van der Waals surface area contributed by atoms with Crippen LogP contribution < -0.4 is 5.32 Å². The van der Waals surface area contributed by atoms with Crippen LogP contribution in [0.25, 0.3) is 0 Å². The number of ether oxygens (including phenoxy) is 1. The summed E-state index contributed by atoms with van der Waals surface area (Å²) in [5.74, 6) is 0.305. The van der Waals surface area contributed by atoms with Crippen molar-refractivity contribution in [2.45, 2.75) is 38.8 Å². The molecule has 0 aromatic heterocycles. The summed E-state index contributed by atoms with van der Waals surface area (Å²) in [7, 11) is 1.93. The summed E-state index contributed by atoms with van der Waals surface area (Å²) in [6.45, 7) is 13.0. The van der Waals surface area contributed by atoms with Gasteiger partial charge >= 0.3 is 0 Å². The van der Waals surface area contributed by atoms with Gasteiger partial charge in [-0.15, -0.1) is 37.2 Å². The molecule has 6 nitrogen and oxygen atoms in total. The van der Waals surface area contributed by atoms with E-state index in [2.05, 4.69) is 29.0 Å². The van der Waals surface area contributed by atoms with Gasteiger partial charge in [0, 0.05) is 58.3 Å². The zero-order valence-corrected chi connectivity index (χ0v) is 18.8. The molecule has 0 spiro atoms. The molecule has 26 heavy (non-hydrogen) atoms. The minimum absolute atomic E-state index is 0. The van der Waals surface area contributed by atoms with Crippen LogP contribution >= 0.6 is 37.2 Å². The minimum atomic E-state index is 0. The molecule has 1 atom stereocenters. The van der Waals surface area contributed by atoms with Crippen LogP contribution in [0.3, 0.4) is 0 Å². The number of carbonyl (C=O) groups excluding carboxylic acids is 1. The van der Waals surface area contributed by atoms with Gasteiger partial charge in [0.15, 0.2) is 0 Å². The van der Waals surface area contributed by atoms with Crippen LogP contribution in [0.1, 0.15) is 26.7 Å². The molecule has 0 aliphatic carbocycles. The van der Waals surface area contributed by atoms with Gasteiger partial charge in [0.25, 0.3) is 0 Å². The lowest BCUT2D eigenvalue weighted by atomic mass is 10.2. The highest BCUT2D eigenvalue weighted by molar-refractivity contribution is 5.86. The Labute approximate surface area is 177 Å². The molecule has 0 bridgehead atoms. The lowest BCUT2D eigenvalue weighted by molar-refractivity contribution is -0.133. The van der Waals surface area contributed by atoms with E-state index >= 15 is 0 Å². The first-order valence-corrected chi connectivity index (χ1v) is 9.10. The number of hydrogen-bond donors (Lipinski definition) is 1. The van der Waals surface area contributed by atoms with Crippen molar-refractivity contribution in [1.82, 2.24) is 20.0 Å². The van der Waals surface area contributed by atoms with Crippen LogP contribution in [0.15, 0.2) is 0 Å². The lowest BCUT2D eigenvalue weighted by Gasteiger charge is -2.40. The van der Waals surface area contributed by atoms with E-state index in [1.165, 1.54) is 0 Å². The van der Waals surface area contributed by atoms with Gasteiger partial charge in [-0.05, 0) is 33.9 Å². The third kappa shape index (κ3) is 9.40. The van der Waals surface area contributed by atoms with Crippen molar-refractivity contribution in [3.05, 3.63) is 0 Å². The molecule has 2 saturated heterocycles. The van der Waals surface area contributed by atoms with Gasteiger partial charge < -0.3 is 15.0 Å². The third-order valence-corrected chi connectivity index (χ3v) is 4.90. The zero-order chi connectivity index (χ0) is 16.7. The second-order valence-electron chi connectivity index (χ2n) is 6.97. The fraction of sp³-hybridized carbons (Fsp3) is 0.941. The molecule has 2 rings (SSSR count). The molecule has 9 heteroatoms. The molecule has 2 heterocycles. The van der Waals surface area contributed by atoms with Gasteiger partial charge in [-0.25, -0.2) is 0 Å². The highest BCUT2D eigenvalue weighted by Crippen LogP contribution is 2.12. The van der Waals surface area contributed by atoms with Crippen molar-refractivity contribution < 1.29 is 9.53 Å². The van der Waals surface area contributed by atoms with Crippen LogP contribution in [0, 0.1) is 0 Å². The van der Waals surface area contributed by atoms with Crippen molar-refractivity contribution >= 4 is 43.1 Å². The SMILES string of the molecule is CNCCCC(=O)N1CCN(CC2CN(C(C)C)CCO2)CC1.Cl.Cl.Cl. The Hall–Kier alpha value is 0.180. The molecule has 1 N–H and O–H groups in total. The molecule has 0 aromatic carbocycles. The van der Waals surface area contributed by atoms with Crippen molar-refractivity contribution in [2.24, 2.45) is 0 Å². The van der Waals surface area contributed by atoms with Gasteiger partial charge in [0.2, 0.25) is 5.91 Å². The van der Waals surface area contributed by atoms with Gasteiger partial charge in [-0.2, -0.15) is 0 Å². The van der Waals surface area contributed by atoms with E-state index in [0.29, 0.717) is 24.5 Å². The molecule has 2 aliphatic rings. The minimum Gasteiger partial charge on any atom is -0.374 e. The van der Waals surface area contributed by atoms with Crippen molar-refractivity contribution in [3.63, 3.8) is 0 Å². The van der Waals surface area contributed by atoms with E-state index in [1.54, 1.807) is 0 Å².